The van der Waals surface area contributed by atoms with Crippen LogP contribution in [0, 0.1) is 6.92 Å². The molecule has 0 fully saturated rings. The highest BCUT2D eigenvalue weighted by molar-refractivity contribution is 5.83. The van der Waals surface area contributed by atoms with E-state index in [1.54, 1.807) is 0 Å². The Morgan fingerprint density at radius 2 is 1.92 bits per heavy atom. The van der Waals surface area contributed by atoms with E-state index in [1.807, 2.05) is 0 Å². The molecule has 0 bridgehead atoms. The van der Waals surface area contributed by atoms with Gasteiger partial charge in [-0.2, -0.15) is 0 Å². The van der Waals surface area contributed by atoms with Crippen molar-refractivity contribution in [3.05, 3.63) is 77.5 Å². The summed E-state index contributed by atoms with van der Waals surface area (Å²) in [6.07, 6.45) is 9.48. The number of nitrogens with one attached hydrogen (secondary N) is 1. The van der Waals surface area contributed by atoms with E-state index in [0.717, 1.165) is 6.54 Å². The van der Waals surface area contributed by atoms with Crippen molar-refractivity contribution in [1.29, 1.82) is 0 Å². The molecule has 0 saturated carbocycles. The van der Waals surface area contributed by atoms with Crippen LogP contribution >= 0.6 is 0 Å². The number of hydrogen-bond acceptors (Lipinski definition) is 1. The summed E-state index contributed by atoms with van der Waals surface area (Å²) in [5.41, 5.74) is 6.97. The first-order chi connectivity index (χ1) is 12.8. The van der Waals surface area contributed by atoms with Gasteiger partial charge < -0.3 is 4.98 Å². The average molecular weight is 345 g/mol. The van der Waals surface area contributed by atoms with E-state index in [1.165, 1.54) is 71.9 Å². The molecule has 0 unspecified atom stereocenters. The van der Waals surface area contributed by atoms with Gasteiger partial charge in [-0.05, 0) is 68.0 Å². The maximum atomic E-state index is 3.41. The van der Waals surface area contributed by atoms with Crippen LogP contribution in [0.2, 0.25) is 0 Å². The van der Waals surface area contributed by atoms with Crippen molar-refractivity contribution in [2.24, 2.45) is 0 Å². The fraction of sp³-hybridized carbons (Fsp3) is 0.333. The smallest absolute Gasteiger partial charge is 0.0456 e. The van der Waals surface area contributed by atoms with Gasteiger partial charge in [-0.25, -0.2) is 0 Å². The Hall–Kier alpha value is -2.32. The number of H-pyrrole nitrogens is 1. The van der Waals surface area contributed by atoms with Crippen LogP contribution in [0.5, 0.6) is 0 Å². The molecule has 26 heavy (non-hydrogen) atoms. The van der Waals surface area contributed by atoms with Crippen molar-refractivity contribution < 1.29 is 0 Å². The van der Waals surface area contributed by atoms with Crippen LogP contribution in [0.3, 0.4) is 0 Å². The van der Waals surface area contributed by atoms with E-state index >= 15 is 0 Å². The second kappa shape index (κ2) is 7.92. The van der Waals surface area contributed by atoms with Gasteiger partial charge in [-0.15, -0.1) is 0 Å². The van der Waals surface area contributed by atoms with Gasteiger partial charge in [0, 0.05) is 30.2 Å². The summed E-state index contributed by atoms with van der Waals surface area (Å²) in [6, 6.07) is 17.5. The van der Waals surface area contributed by atoms with Gasteiger partial charge in [0.1, 0.15) is 0 Å². The number of nitrogens with zero attached hydrogens (tertiary/aromatic N) is 1. The summed E-state index contributed by atoms with van der Waals surface area (Å²) in [5, 5.41) is 1.40. The standard InChI is InChI=1S/C24H28N2/c1-19-10-11-24-23(17-19)22(18-25-24)9-5-6-14-26-15-12-21(13-16-26)20-7-3-2-4-8-20/h2-4,7-8,10-12,17-18,25H,5-6,9,13-16H2,1H3. The van der Waals surface area contributed by atoms with Crippen LogP contribution in [-0.2, 0) is 6.42 Å². The molecule has 2 nitrogen and oxygen atoms in total. The quantitative estimate of drug-likeness (QED) is 0.578. The Kier molecular flexibility index (Phi) is 5.21. The zero-order valence-electron chi connectivity index (χ0n) is 15.7. The Bertz CT molecular complexity index is 889. The second-order valence-electron chi connectivity index (χ2n) is 7.47. The van der Waals surface area contributed by atoms with Gasteiger partial charge in [0.05, 0.1) is 0 Å². The SMILES string of the molecule is Cc1ccc2[nH]cc(CCCCN3CC=C(c4ccccc4)CC3)c2c1. The molecule has 1 aromatic heterocycles. The Labute approximate surface area is 156 Å². The van der Waals surface area contributed by atoms with E-state index in [0.29, 0.717) is 0 Å². The lowest BCUT2D eigenvalue weighted by Gasteiger charge is -2.26. The fourth-order valence-electron chi connectivity index (χ4n) is 3.98. The van der Waals surface area contributed by atoms with Crippen LogP contribution in [0.25, 0.3) is 16.5 Å². The van der Waals surface area contributed by atoms with Gasteiger partial charge in [0.15, 0.2) is 0 Å². The monoisotopic (exact) mass is 344 g/mol. The highest BCUT2D eigenvalue weighted by atomic mass is 15.1. The molecule has 0 saturated heterocycles. The van der Waals surface area contributed by atoms with Crippen LogP contribution in [0.4, 0.5) is 0 Å². The van der Waals surface area contributed by atoms with Gasteiger partial charge >= 0.3 is 0 Å². The predicted molar refractivity (Wildman–Crippen MR) is 111 cm³/mol. The Morgan fingerprint density at radius 1 is 1.04 bits per heavy atom. The van der Waals surface area contributed by atoms with Gasteiger partial charge in [0.2, 0.25) is 0 Å². The molecular weight excluding hydrogens is 316 g/mol. The molecule has 0 radical (unpaired) electrons. The number of rotatable bonds is 6. The summed E-state index contributed by atoms with van der Waals surface area (Å²) >= 11 is 0. The van der Waals surface area contributed by atoms with E-state index in [2.05, 4.69) is 77.6 Å². The molecule has 2 heterocycles. The van der Waals surface area contributed by atoms with Crippen molar-refractivity contribution in [3.63, 3.8) is 0 Å². The average Bonchev–Trinajstić information content (AvgIpc) is 3.08. The van der Waals surface area contributed by atoms with Crippen molar-refractivity contribution in [2.75, 3.05) is 19.6 Å². The van der Waals surface area contributed by atoms with Crippen LogP contribution in [0.15, 0.2) is 60.8 Å². The van der Waals surface area contributed by atoms with Crippen LogP contribution < -0.4 is 0 Å². The highest BCUT2D eigenvalue weighted by Crippen LogP contribution is 2.23. The Morgan fingerprint density at radius 3 is 2.73 bits per heavy atom. The third-order valence-corrected chi connectivity index (χ3v) is 5.53. The number of hydrogen-bond donors (Lipinski definition) is 1. The maximum absolute atomic E-state index is 3.41. The lowest BCUT2D eigenvalue weighted by molar-refractivity contribution is 0.295. The van der Waals surface area contributed by atoms with Crippen LogP contribution in [0.1, 0.15) is 36.0 Å². The van der Waals surface area contributed by atoms with Crippen molar-refractivity contribution in [3.8, 4) is 0 Å². The van der Waals surface area contributed by atoms with Crippen molar-refractivity contribution in [1.82, 2.24) is 9.88 Å². The van der Waals surface area contributed by atoms with Gasteiger partial charge in [-0.1, -0.05) is 48.0 Å². The first kappa shape index (κ1) is 17.1. The lowest BCUT2D eigenvalue weighted by atomic mass is 9.99. The topological polar surface area (TPSA) is 19.0 Å². The second-order valence-corrected chi connectivity index (χ2v) is 7.47. The zero-order chi connectivity index (χ0) is 17.8. The molecule has 1 N–H and O–H groups in total. The fourth-order valence-corrected chi connectivity index (χ4v) is 3.98. The van der Waals surface area contributed by atoms with Crippen LogP contribution in [-0.4, -0.2) is 29.5 Å². The zero-order valence-corrected chi connectivity index (χ0v) is 15.7. The number of aryl methyl sites for hydroxylation is 2. The first-order valence-corrected chi connectivity index (χ1v) is 9.83. The predicted octanol–water partition coefficient (Wildman–Crippen LogP) is 5.59. The normalized spacial score (nSPS) is 15.3. The number of benzene rings is 2. The minimum absolute atomic E-state index is 1.09. The van der Waals surface area contributed by atoms with Crippen molar-refractivity contribution >= 4 is 16.5 Å². The molecule has 0 atom stereocenters. The molecule has 0 amide bonds. The van der Waals surface area contributed by atoms with Crippen molar-refractivity contribution in [2.45, 2.75) is 32.6 Å². The van der Waals surface area contributed by atoms with E-state index in [-0.39, 0.29) is 0 Å². The minimum Gasteiger partial charge on any atom is -0.361 e. The number of unbranched alkanes of at least 4 members (excludes halogenated alkanes) is 1. The number of aromatic amines is 1. The Balaban J connectivity index is 1.25. The molecule has 2 heteroatoms. The molecule has 1 aliphatic rings. The molecule has 2 aromatic carbocycles. The summed E-state index contributed by atoms with van der Waals surface area (Å²) < 4.78 is 0. The summed E-state index contributed by atoms with van der Waals surface area (Å²) in [7, 11) is 0. The molecular formula is C24H28N2. The van der Waals surface area contributed by atoms with E-state index in [9.17, 15) is 0 Å². The largest absolute Gasteiger partial charge is 0.361 e. The van der Waals surface area contributed by atoms with Gasteiger partial charge in [0.25, 0.3) is 0 Å². The number of aromatic nitrogens is 1. The molecule has 0 aliphatic carbocycles. The molecule has 134 valence electrons. The molecule has 4 rings (SSSR count). The first-order valence-electron chi connectivity index (χ1n) is 9.83. The van der Waals surface area contributed by atoms with E-state index in [4.69, 9.17) is 0 Å². The lowest BCUT2D eigenvalue weighted by Crippen LogP contribution is -2.29. The summed E-state index contributed by atoms with van der Waals surface area (Å²) in [5.74, 6) is 0. The highest BCUT2D eigenvalue weighted by Gasteiger charge is 2.12. The summed E-state index contributed by atoms with van der Waals surface area (Å²) in [6.45, 7) is 5.66. The third kappa shape index (κ3) is 3.91. The van der Waals surface area contributed by atoms with Gasteiger partial charge in [-0.3, -0.25) is 4.90 Å². The maximum Gasteiger partial charge on any atom is 0.0456 e. The molecule has 1 aliphatic heterocycles. The minimum atomic E-state index is 1.09. The van der Waals surface area contributed by atoms with E-state index < -0.39 is 0 Å². The summed E-state index contributed by atoms with van der Waals surface area (Å²) in [4.78, 5) is 6.00. The molecule has 0 spiro atoms. The third-order valence-electron chi connectivity index (χ3n) is 5.53. The molecule has 3 aromatic rings. The number of fused-ring (bicyclic) bond motifs is 1.